The van der Waals surface area contributed by atoms with Crippen LogP contribution in [0.4, 0.5) is 0 Å². The number of benzene rings is 1. The molecule has 1 aromatic heterocycles. The molecule has 0 bridgehead atoms. The molecule has 2 rings (SSSR count). The zero-order chi connectivity index (χ0) is 16.4. The van der Waals surface area contributed by atoms with Crippen molar-refractivity contribution in [2.75, 3.05) is 14.2 Å². The lowest BCUT2D eigenvalue weighted by Gasteiger charge is -2.14. The van der Waals surface area contributed by atoms with Crippen molar-refractivity contribution in [1.82, 2.24) is 9.88 Å². The number of rotatable bonds is 5. The Morgan fingerprint density at radius 2 is 1.77 bits per heavy atom. The molecule has 1 N–H and O–H groups in total. The lowest BCUT2D eigenvalue weighted by atomic mass is 10.2. The van der Waals surface area contributed by atoms with E-state index in [1.54, 1.807) is 29.8 Å². The van der Waals surface area contributed by atoms with Crippen LogP contribution < -0.4 is 19.9 Å². The van der Waals surface area contributed by atoms with E-state index in [2.05, 4.69) is 5.32 Å². The summed E-state index contributed by atoms with van der Waals surface area (Å²) in [6.07, 6.45) is 0. The zero-order valence-electron chi connectivity index (χ0n) is 12.8. The Hall–Kier alpha value is -2.70. The largest absolute Gasteiger partial charge is 0.548 e. The van der Waals surface area contributed by atoms with Crippen LogP contribution in [0.3, 0.4) is 0 Å². The summed E-state index contributed by atoms with van der Waals surface area (Å²) < 4.78 is 12.1. The fraction of sp³-hybridized carbons (Fsp3) is 0.333. The van der Waals surface area contributed by atoms with Crippen molar-refractivity contribution in [3.63, 3.8) is 0 Å². The molecule has 0 fully saturated rings. The van der Waals surface area contributed by atoms with E-state index in [4.69, 9.17) is 9.47 Å². The highest BCUT2D eigenvalue weighted by molar-refractivity contribution is 6.00. The molecule has 118 valence electrons. The van der Waals surface area contributed by atoms with E-state index < -0.39 is 17.9 Å². The quantitative estimate of drug-likeness (QED) is 0.843. The van der Waals surface area contributed by atoms with Crippen LogP contribution in [-0.4, -0.2) is 36.7 Å². The maximum Gasteiger partial charge on any atom is 0.268 e. The van der Waals surface area contributed by atoms with E-state index >= 15 is 0 Å². The molecule has 0 aliphatic rings. The molecule has 22 heavy (non-hydrogen) atoms. The number of hydrogen-bond acceptors (Lipinski definition) is 5. The molecule has 0 aliphatic carbocycles. The Morgan fingerprint density at radius 1 is 1.18 bits per heavy atom. The minimum absolute atomic E-state index is 0.332. The Balaban J connectivity index is 2.46. The standard InChI is InChI=1S/C15H18N2O5/c1-8(15(19)20)16-14(18)11-5-9-6-12(21-3)13(22-4)7-10(9)17(11)2/h5-8H,1-4H3,(H,16,18)(H,19,20)/p-1/t8-/m0/s1. The van der Waals surface area contributed by atoms with Gasteiger partial charge in [-0.2, -0.15) is 0 Å². The summed E-state index contributed by atoms with van der Waals surface area (Å²) >= 11 is 0. The molecule has 1 heterocycles. The summed E-state index contributed by atoms with van der Waals surface area (Å²) in [7, 11) is 4.77. The molecule has 0 radical (unpaired) electrons. The molecule has 1 aromatic carbocycles. The summed E-state index contributed by atoms with van der Waals surface area (Å²) in [5.74, 6) is -0.731. The summed E-state index contributed by atoms with van der Waals surface area (Å²) in [5, 5.41) is 13.9. The van der Waals surface area contributed by atoms with Gasteiger partial charge in [-0.1, -0.05) is 0 Å². The van der Waals surface area contributed by atoms with Gasteiger partial charge in [0.05, 0.1) is 31.7 Å². The number of aryl methyl sites for hydroxylation is 1. The molecule has 2 aromatic rings. The van der Waals surface area contributed by atoms with Crippen LogP contribution in [0.5, 0.6) is 11.5 Å². The lowest BCUT2D eigenvalue weighted by molar-refractivity contribution is -0.307. The van der Waals surface area contributed by atoms with E-state index in [1.165, 1.54) is 21.1 Å². The van der Waals surface area contributed by atoms with E-state index in [0.29, 0.717) is 17.2 Å². The van der Waals surface area contributed by atoms with Crippen molar-refractivity contribution in [3.05, 3.63) is 23.9 Å². The second-order valence-electron chi connectivity index (χ2n) is 4.87. The Bertz CT molecular complexity index is 735. The van der Waals surface area contributed by atoms with Crippen LogP contribution in [0.1, 0.15) is 17.4 Å². The lowest BCUT2D eigenvalue weighted by Crippen LogP contribution is -2.46. The molecular formula is C15H17N2O5-. The first-order valence-electron chi connectivity index (χ1n) is 6.62. The summed E-state index contributed by atoms with van der Waals surface area (Å²) in [6.45, 7) is 1.35. The molecule has 0 unspecified atom stereocenters. The van der Waals surface area contributed by atoms with Gasteiger partial charge in [0.15, 0.2) is 11.5 Å². The highest BCUT2D eigenvalue weighted by Gasteiger charge is 2.17. The van der Waals surface area contributed by atoms with E-state index in [9.17, 15) is 14.7 Å². The molecule has 1 atom stereocenters. The number of aromatic nitrogens is 1. The van der Waals surface area contributed by atoms with Crippen molar-refractivity contribution < 1.29 is 24.2 Å². The van der Waals surface area contributed by atoms with Gasteiger partial charge in [0.1, 0.15) is 5.69 Å². The molecule has 7 heteroatoms. The Morgan fingerprint density at radius 3 is 2.32 bits per heavy atom. The van der Waals surface area contributed by atoms with Crippen LogP contribution in [0.25, 0.3) is 10.9 Å². The summed E-state index contributed by atoms with van der Waals surface area (Å²) in [5.41, 5.74) is 1.10. The van der Waals surface area contributed by atoms with Gasteiger partial charge in [0, 0.05) is 18.5 Å². The average Bonchev–Trinajstić information content (AvgIpc) is 2.82. The van der Waals surface area contributed by atoms with Crippen molar-refractivity contribution >= 4 is 22.8 Å². The van der Waals surface area contributed by atoms with Crippen LogP contribution in [0.2, 0.25) is 0 Å². The SMILES string of the molecule is COc1cc2cc(C(=O)N[C@@H](C)C(=O)[O-])n(C)c2cc1OC. The first-order valence-corrected chi connectivity index (χ1v) is 6.62. The monoisotopic (exact) mass is 305 g/mol. The van der Waals surface area contributed by atoms with Gasteiger partial charge in [0.25, 0.3) is 5.91 Å². The van der Waals surface area contributed by atoms with Gasteiger partial charge >= 0.3 is 0 Å². The third-order valence-corrected chi connectivity index (χ3v) is 3.48. The number of methoxy groups -OCH3 is 2. The molecule has 1 amide bonds. The number of nitrogens with one attached hydrogen (secondary N) is 1. The number of carbonyl (C=O) groups excluding carboxylic acids is 2. The highest BCUT2D eigenvalue weighted by Crippen LogP contribution is 2.33. The zero-order valence-corrected chi connectivity index (χ0v) is 12.8. The number of carboxylic acid groups (broad SMARTS) is 1. The highest BCUT2D eigenvalue weighted by atomic mass is 16.5. The maximum absolute atomic E-state index is 12.2. The number of nitrogens with zero attached hydrogens (tertiary/aromatic N) is 1. The van der Waals surface area contributed by atoms with Crippen LogP contribution in [-0.2, 0) is 11.8 Å². The minimum atomic E-state index is -1.34. The number of aliphatic carboxylic acids is 1. The third-order valence-electron chi connectivity index (χ3n) is 3.48. The molecule has 0 spiro atoms. The molecule has 0 saturated carbocycles. The fourth-order valence-corrected chi connectivity index (χ4v) is 2.21. The minimum Gasteiger partial charge on any atom is -0.548 e. The summed E-state index contributed by atoms with van der Waals surface area (Å²) in [4.78, 5) is 22.9. The molecule has 7 nitrogen and oxygen atoms in total. The van der Waals surface area contributed by atoms with E-state index in [0.717, 1.165) is 10.9 Å². The number of carbonyl (C=O) groups is 2. The van der Waals surface area contributed by atoms with Crippen molar-refractivity contribution in [3.8, 4) is 11.5 Å². The third kappa shape index (κ3) is 2.69. The van der Waals surface area contributed by atoms with Crippen LogP contribution >= 0.6 is 0 Å². The van der Waals surface area contributed by atoms with Crippen LogP contribution in [0.15, 0.2) is 18.2 Å². The maximum atomic E-state index is 12.2. The topological polar surface area (TPSA) is 92.6 Å². The normalized spacial score (nSPS) is 12.0. The number of carboxylic acids is 1. The Labute approximate surface area is 127 Å². The Kier molecular flexibility index (Phi) is 4.25. The van der Waals surface area contributed by atoms with Gasteiger partial charge < -0.3 is 29.3 Å². The molecule has 0 saturated heterocycles. The predicted octanol–water partition coefficient (Wildman–Crippen LogP) is 0.0637. The fourth-order valence-electron chi connectivity index (χ4n) is 2.21. The first kappa shape index (κ1) is 15.7. The number of amides is 1. The molecule has 0 aliphatic heterocycles. The van der Waals surface area contributed by atoms with E-state index in [1.807, 2.05) is 0 Å². The molecular weight excluding hydrogens is 288 g/mol. The smallest absolute Gasteiger partial charge is 0.268 e. The van der Waals surface area contributed by atoms with E-state index in [-0.39, 0.29) is 0 Å². The first-order chi connectivity index (χ1) is 10.4. The number of ether oxygens (including phenoxy) is 2. The van der Waals surface area contributed by atoms with Gasteiger partial charge in [-0.15, -0.1) is 0 Å². The van der Waals surface area contributed by atoms with Gasteiger partial charge in [-0.05, 0) is 19.1 Å². The van der Waals surface area contributed by atoms with Gasteiger partial charge in [0.2, 0.25) is 0 Å². The van der Waals surface area contributed by atoms with Crippen molar-refractivity contribution in [1.29, 1.82) is 0 Å². The predicted molar refractivity (Wildman–Crippen MR) is 78.0 cm³/mol. The van der Waals surface area contributed by atoms with Gasteiger partial charge in [-0.25, -0.2) is 0 Å². The van der Waals surface area contributed by atoms with Crippen molar-refractivity contribution in [2.45, 2.75) is 13.0 Å². The van der Waals surface area contributed by atoms with Crippen molar-refractivity contribution in [2.24, 2.45) is 7.05 Å². The van der Waals surface area contributed by atoms with Gasteiger partial charge in [-0.3, -0.25) is 4.79 Å². The summed E-state index contributed by atoms with van der Waals surface area (Å²) in [6, 6.07) is 4.10. The van der Waals surface area contributed by atoms with Crippen LogP contribution in [0, 0.1) is 0 Å². The second kappa shape index (κ2) is 5.97. The average molecular weight is 305 g/mol. The number of fused-ring (bicyclic) bond motifs is 1. The second-order valence-corrected chi connectivity index (χ2v) is 4.87. The number of hydrogen-bond donors (Lipinski definition) is 1.